The molecule has 2 rings (SSSR count). The second-order valence-corrected chi connectivity index (χ2v) is 5.65. The summed E-state index contributed by atoms with van der Waals surface area (Å²) < 4.78 is 12.9. The summed E-state index contributed by atoms with van der Waals surface area (Å²) in [5.41, 5.74) is 6.06. The smallest absolute Gasteiger partial charge is 0.124 e. The molecule has 1 aromatic rings. The lowest BCUT2D eigenvalue weighted by molar-refractivity contribution is 0.282. The Hall–Kier alpha value is -0.540. The van der Waals surface area contributed by atoms with Crippen LogP contribution in [0.25, 0.3) is 0 Å². The van der Waals surface area contributed by atoms with Crippen LogP contribution in [-0.2, 0) is 0 Å². The monoisotopic (exact) mass is 239 g/mol. The van der Waals surface area contributed by atoms with Gasteiger partial charge in [0.1, 0.15) is 5.82 Å². The molecule has 0 heterocycles. The lowest BCUT2D eigenvalue weighted by Gasteiger charge is -2.27. The van der Waals surface area contributed by atoms with Crippen LogP contribution in [0.5, 0.6) is 0 Å². The van der Waals surface area contributed by atoms with Crippen LogP contribution in [-0.4, -0.2) is 11.8 Å². The fourth-order valence-corrected chi connectivity index (χ4v) is 2.90. The van der Waals surface area contributed by atoms with Crippen molar-refractivity contribution in [3.8, 4) is 0 Å². The van der Waals surface area contributed by atoms with Gasteiger partial charge in [0.2, 0.25) is 0 Å². The van der Waals surface area contributed by atoms with E-state index in [0.717, 1.165) is 23.0 Å². The van der Waals surface area contributed by atoms with Crippen molar-refractivity contribution < 1.29 is 4.39 Å². The van der Waals surface area contributed by atoms with Gasteiger partial charge in [-0.15, -0.1) is 11.8 Å². The van der Waals surface area contributed by atoms with E-state index in [1.54, 1.807) is 23.9 Å². The van der Waals surface area contributed by atoms with Crippen molar-refractivity contribution >= 4 is 11.8 Å². The molecule has 3 heteroatoms. The fourth-order valence-electron chi connectivity index (χ4n) is 1.98. The summed E-state index contributed by atoms with van der Waals surface area (Å²) in [5, 5.41) is 0. The molecular weight excluding hydrogens is 221 g/mol. The Morgan fingerprint density at radius 3 is 2.88 bits per heavy atom. The molecule has 1 fully saturated rings. The predicted molar refractivity (Wildman–Crippen MR) is 67.1 cm³/mol. The molecule has 0 spiro atoms. The van der Waals surface area contributed by atoms with E-state index in [2.05, 4.69) is 0 Å². The van der Waals surface area contributed by atoms with Crippen molar-refractivity contribution in [2.75, 3.05) is 5.75 Å². The van der Waals surface area contributed by atoms with Gasteiger partial charge in [0.15, 0.2) is 0 Å². The van der Waals surface area contributed by atoms with E-state index < -0.39 is 0 Å². The molecular formula is C13H18FNS. The third-order valence-electron chi connectivity index (χ3n) is 3.12. The minimum Gasteiger partial charge on any atom is -0.327 e. The Morgan fingerprint density at radius 1 is 1.44 bits per heavy atom. The van der Waals surface area contributed by atoms with Crippen molar-refractivity contribution in [1.29, 1.82) is 0 Å². The van der Waals surface area contributed by atoms with Crippen molar-refractivity contribution in [3.05, 3.63) is 30.1 Å². The maximum Gasteiger partial charge on any atom is 0.124 e. The van der Waals surface area contributed by atoms with E-state index in [1.165, 1.54) is 25.3 Å². The highest BCUT2D eigenvalue weighted by Gasteiger charge is 2.20. The van der Waals surface area contributed by atoms with Crippen LogP contribution in [0.4, 0.5) is 4.39 Å². The van der Waals surface area contributed by atoms with Gasteiger partial charge in [0.05, 0.1) is 0 Å². The molecule has 0 saturated heterocycles. The first-order valence-corrected chi connectivity index (χ1v) is 6.86. The van der Waals surface area contributed by atoms with Gasteiger partial charge in [-0.2, -0.15) is 0 Å². The molecule has 1 unspecified atom stereocenters. The maximum atomic E-state index is 12.9. The van der Waals surface area contributed by atoms with Crippen molar-refractivity contribution in [2.24, 2.45) is 11.7 Å². The molecule has 16 heavy (non-hydrogen) atoms. The van der Waals surface area contributed by atoms with E-state index in [1.807, 2.05) is 6.07 Å². The number of rotatable bonds is 5. The van der Waals surface area contributed by atoms with Crippen LogP contribution in [0.1, 0.15) is 25.7 Å². The molecule has 0 bridgehead atoms. The SMILES string of the molecule is NC(CSc1cccc(F)c1)CC1CCC1. The van der Waals surface area contributed by atoms with E-state index in [0.29, 0.717) is 0 Å². The highest BCUT2D eigenvalue weighted by Crippen LogP contribution is 2.31. The summed E-state index contributed by atoms with van der Waals surface area (Å²) in [6, 6.07) is 6.97. The zero-order chi connectivity index (χ0) is 11.4. The number of thioether (sulfide) groups is 1. The molecule has 1 aromatic carbocycles. The Balaban J connectivity index is 1.73. The van der Waals surface area contributed by atoms with Crippen LogP contribution in [0.15, 0.2) is 29.2 Å². The second-order valence-electron chi connectivity index (χ2n) is 4.56. The van der Waals surface area contributed by atoms with Gasteiger partial charge in [-0.3, -0.25) is 0 Å². The first-order valence-electron chi connectivity index (χ1n) is 5.88. The molecule has 0 radical (unpaired) electrons. The number of benzene rings is 1. The molecule has 1 saturated carbocycles. The van der Waals surface area contributed by atoms with Crippen LogP contribution >= 0.6 is 11.8 Å². The molecule has 88 valence electrons. The average molecular weight is 239 g/mol. The zero-order valence-electron chi connectivity index (χ0n) is 9.36. The second kappa shape index (κ2) is 5.69. The van der Waals surface area contributed by atoms with Crippen LogP contribution in [0.2, 0.25) is 0 Å². The third-order valence-corrected chi connectivity index (χ3v) is 4.30. The molecule has 0 aliphatic heterocycles. The van der Waals surface area contributed by atoms with E-state index >= 15 is 0 Å². The summed E-state index contributed by atoms with van der Waals surface area (Å²) in [6.07, 6.45) is 5.19. The summed E-state index contributed by atoms with van der Waals surface area (Å²) in [5.74, 6) is 1.57. The Labute approximate surface area is 101 Å². The molecule has 2 N–H and O–H groups in total. The van der Waals surface area contributed by atoms with Gasteiger partial charge >= 0.3 is 0 Å². The summed E-state index contributed by atoms with van der Waals surface area (Å²) in [7, 11) is 0. The van der Waals surface area contributed by atoms with Gasteiger partial charge in [0, 0.05) is 16.7 Å². The van der Waals surface area contributed by atoms with Crippen molar-refractivity contribution in [2.45, 2.75) is 36.6 Å². The molecule has 1 atom stereocenters. The van der Waals surface area contributed by atoms with Gasteiger partial charge in [-0.1, -0.05) is 25.3 Å². The number of hydrogen-bond donors (Lipinski definition) is 1. The average Bonchev–Trinajstić information content (AvgIpc) is 2.21. The Morgan fingerprint density at radius 2 is 2.25 bits per heavy atom. The molecule has 1 aliphatic rings. The topological polar surface area (TPSA) is 26.0 Å². The minimum atomic E-state index is -0.169. The van der Waals surface area contributed by atoms with Crippen LogP contribution < -0.4 is 5.73 Å². The first kappa shape index (κ1) is 11.9. The molecule has 1 nitrogen and oxygen atoms in total. The van der Waals surface area contributed by atoms with E-state index in [-0.39, 0.29) is 11.9 Å². The maximum absolute atomic E-state index is 12.9. The van der Waals surface area contributed by atoms with E-state index in [9.17, 15) is 4.39 Å². The lowest BCUT2D eigenvalue weighted by Crippen LogP contribution is -2.28. The van der Waals surface area contributed by atoms with Crippen LogP contribution in [0.3, 0.4) is 0 Å². The third kappa shape index (κ3) is 3.49. The standard InChI is InChI=1S/C13H18FNS/c14-11-5-2-6-13(8-11)16-9-12(15)7-10-3-1-4-10/h2,5-6,8,10,12H,1,3-4,7,9,15H2. The quantitative estimate of drug-likeness (QED) is 0.797. The van der Waals surface area contributed by atoms with Crippen molar-refractivity contribution in [1.82, 2.24) is 0 Å². The molecule has 1 aliphatic carbocycles. The van der Waals surface area contributed by atoms with Gasteiger partial charge in [0.25, 0.3) is 0 Å². The summed E-state index contributed by atoms with van der Waals surface area (Å²) >= 11 is 1.65. The zero-order valence-corrected chi connectivity index (χ0v) is 10.2. The number of halogens is 1. The van der Waals surface area contributed by atoms with Crippen molar-refractivity contribution in [3.63, 3.8) is 0 Å². The predicted octanol–water partition coefficient (Wildman–Crippen LogP) is 3.44. The largest absolute Gasteiger partial charge is 0.327 e. The Kier molecular flexibility index (Phi) is 4.24. The van der Waals surface area contributed by atoms with Gasteiger partial charge in [-0.05, 0) is 30.5 Å². The van der Waals surface area contributed by atoms with Gasteiger partial charge in [-0.25, -0.2) is 4.39 Å². The minimum absolute atomic E-state index is 0.169. The normalized spacial score (nSPS) is 18.1. The van der Waals surface area contributed by atoms with Gasteiger partial charge < -0.3 is 5.73 Å². The summed E-state index contributed by atoms with van der Waals surface area (Å²) in [4.78, 5) is 0.976. The van der Waals surface area contributed by atoms with Crippen LogP contribution in [0, 0.1) is 11.7 Å². The molecule has 0 amide bonds. The highest BCUT2D eigenvalue weighted by atomic mass is 32.2. The number of hydrogen-bond acceptors (Lipinski definition) is 2. The first-order chi connectivity index (χ1) is 7.74. The molecule has 0 aromatic heterocycles. The fraction of sp³-hybridized carbons (Fsp3) is 0.538. The highest BCUT2D eigenvalue weighted by molar-refractivity contribution is 7.99. The van der Waals surface area contributed by atoms with E-state index in [4.69, 9.17) is 5.73 Å². The summed E-state index contributed by atoms with van der Waals surface area (Å²) in [6.45, 7) is 0. The Bertz CT molecular complexity index is 338. The lowest BCUT2D eigenvalue weighted by atomic mass is 9.81. The number of nitrogens with two attached hydrogens (primary N) is 1.